The van der Waals surface area contributed by atoms with E-state index in [2.05, 4.69) is 15.2 Å². The van der Waals surface area contributed by atoms with Gasteiger partial charge in [0.15, 0.2) is 0 Å². The van der Waals surface area contributed by atoms with E-state index in [0.29, 0.717) is 25.6 Å². The molecule has 0 spiro atoms. The standard InChI is InChI=1S/C21H28BN3O4/c1-20(2)21(3,4)29-22(28-20)17-6-5-15-13-23-18(12-16(15)11-17)24-19(26)14-25-7-9-27-10-8-25/h5-6,11-13H,7-10,14H2,1-4H3,(H,23,24,26). The van der Waals surface area contributed by atoms with Crippen molar-refractivity contribution in [2.75, 3.05) is 38.2 Å². The Labute approximate surface area is 171 Å². The number of ether oxygens (including phenoxy) is 1. The van der Waals surface area contributed by atoms with Gasteiger partial charge in [0.25, 0.3) is 0 Å². The Morgan fingerprint density at radius 2 is 1.79 bits per heavy atom. The molecule has 2 aliphatic rings. The Morgan fingerprint density at radius 1 is 1.10 bits per heavy atom. The van der Waals surface area contributed by atoms with Gasteiger partial charge in [0.05, 0.1) is 31.0 Å². The second kappa shape index (κ2) is 7.68. The number of morpholine rings is 1. The Hall–Kier alpha value is -2.00. The van der Waals surface area contributed by atoms with Gasteiger partial charge in [-0.25, -0.2) is 4.98 Å². The number of hydrogen-bond acceptors (Lipinski definition) is 6. The highest BCUT2D eigenvalue weighted by Gasteiger charge is 2.51. The zero-order valence-electron chi connectivity index (χ0n) is 17.5. The van der Waals surface area contributed by atoms with Crippen LogP contribution in [0.4, 0.5) is 5.82 Å². The highest BCUT2D eigenvalue weighted by Crippen LogP contribution is 2.36. The average Bonchev–Trinajstić information content (AvgIpc) is 2.89. The predicted molar refractivity (Wildman–Crippen MR) is 113 cm³/mol. The quantitative estimate of drug-likeness (QED) is 0.794. The predicted octanol–water partition coefficient (Wildman–Crippen LogP) is 1.80. The van der Waals surface area contributed by atoms with Crippen LogP contribution in [-0.2, 0) is 18.8 Å². The number of nitrogens with zero attached hydrogens (tertiary/aromatic N) is 2. The van der Waals surface area contributed by atoms with Crippen molar-refractivity contribution in [1.29, 1.82) is 0 Å². The van der Waals surface area contributed by atoms with E-state index in [9.17, 15) is 4.79 Å². The first kappa shape index (κ1) is 20.3. The molecule has 7 nitrogen and oxygen atoms in total. The maximum atomic E-state index is 12.4. The number of rotatable bonds is 4. The Kier molecular flexibility index (Phi) is 5.37. The molecule has 8 heteroatoms. The van der Waals surface area contributed by atoms with Crippen LogP contribution in [0.25, 0.3) is 10.8 Å². The minimum Gasteiger partial charge on any atom is -0.399 e. The first-order valence-electron chi connectivity index (χ1n) is 10.1. The summed E-state index contributed by atoms with van der Waals surface area (Å²) < 4.78 is 17.6. The molecule has 0 atom stereocenters. The van der Waals surface area contributed by atoms with Crippen LogP contribution in [0, 0.1) is 0 Å². The molecular weight excluding hydrogens is 369 g/mol. The highest BCUT2D eigenvalue weighted by atomic mass is 16.7. The van der Waals surface area contributed by atoms with Crippen molar-refractivity contribution in [3.8, 4) is 0 Å². The molecule has 0 radical (unpaired) electrons. The summed E-state index contributed by atoms with van der Waals surface area (Å²) in [5.41, 5.74) is 0.181. The molecule has 0 aliphatic carbocycles. The molecule has 2 aromatic rings. The number of carbonyl (C=O) groups is 1. The van der Waals surface area contributed by atoms with Crippen LogP contribution in [0.5, 0.6) is 0 Å². The van der Waals surface area contributed by atoms with Crippen molar-refractivity contribution in [1.82, 2.24) is 9.88 Å². The third-order valence-electron chi connectivity index (χ3n) is 6.01. The Bertz CT molecular complexity index is 896. The molecular formula is C21H28BN3O4. The van der Waals surface area contributed by atoms with Crippen LogP contribution in [0.1, 0.15) is 27.7 Å². The number of anilines is 1. The third kappa shape index (κ3) is 4.30. The summed E-state index contributed by atoms with van der Waals surface area (Å²) >= 11 is 0. The number of pyridine rings is 1. The fraction of sp³-hybridized carbons (Fsp3) is 0.524. The van der Waals surface area contributed by atoms with Gasteiger partial charge in [0.1, 0.15) is 5.82 Å². The van der Waals surface area contributed by atoms with Crippen LogP contribution in [0.2, 0.25) is 0 Å². The molecule has 0 unspecified atom stereocenters. The zero-order valence-corrected chi connectivity index (χ0v) is 17.5. The maximum Gasteiger partial charge on any atom is 0.494 e. The molecule has 2 saturated heterocycles. The Morgan fingerprint density at radius 3 is 2.48 bits per heavy atom. The van der Waals surface area contributed by atoms with E-state index < -0.39 is 7.12 Å². The highest BCUT2D eigenvalue weighted by molar-refractivity contribution is 6.62. The van der Waals surface area contributed by atoms with Crippen molar-refractivity contribution in [2.45, 2.75) is 38.9 Å². The van der Waals surface area contributed by atoms with Gasteiger partial charge in [-0.2, -0.15) is 0 Å². The summed E-state index contributed by atoms with van der Waals surface area (Å²) in [6, 6.07) is 7.93. The second-order valence-electron chi connectivity index (χ2n) is 8.70. The van der Waals surface area contributed by atoms with Gasteiger partial charge >= 0.3 is 7.12 Å². The average molecular weight is 397 g/mol. The summed E-state index contributed by atoms with van der Waals surface area (Å²) in [6.07, 6.45) is 1.77. The van der Waals surface area contributed by atoms with Gasteiger partial charge in [-0.05, 0) is 44.6 Å². The molecule has 29 heavy (non-hydrogen) atoms. The third-order valence-corrected chi connectivity index (χ3v) is 6.01. The van der Waals surface area contributed by atoms with E-state index in [-0.39, 0.29) is 17.1 Å². The molecule has 1 amide bonds. The summed E-state index contributed by atoms with van der Waals surface area (Å²) in [4.78, 5) is 18.8. The van der Waals surface area contributed by atoms with Crippen molar-refractivity contribution in [3.63, 3.8) is 0 Å². The zero-order chi connectivity index (χ0) is 20.6. The van der Waals surface area contributed by atoms with Crippen LogP contribution < -0.4 is 10.8 Å². The number of hydrogen-bond donors (Lipinski definition) is 1. The SMILES string of the molecule is CC1(C)OB(c2ccc3cnc(NC(=O)CN4CCOCC4)cc3c2)OC1(C)C. The number of aromatic nitrogens is 1. The van der Waals surface area contributed by atoms with Gasteiger partial charge in [0, 0.05) is 24.7 Å². The van der Waals surface area contributed by atoms with E-state index in [1.54, 1.807) is 6.20 Å². The lowest BCUT2D eigenvalue weighted by Gasteiger charge is -2.32. The van der Waals surface area contributed by atoms with Crippen molar-refractivity contribution >= 4 is 35.1 Å². The Balaban J connectivity index is 1.49. The monoisotopic (exact) mass is 397 g/mol. The molecule has 0 bridgehead atoms. The molecule has 4 rings (SSSR count). The van der Waals surface area contributed by atoms with Crippen molar-refractivity contribution in [3.05, 3.63) is 30.5 Å². The molecule has 2 aliphatic heterocycles. The minimum absolute atomic E-state index is 0.0686. The van der Waals surface area contributed by atoms with Gasteiger partial charge in [-0.1, -0.05) is 18.2 Å². The molecule has 1 N–H and O–H groups in total. The lowest BCUT2D eigenvalue weighted by Crippen LogP contribution is -2.41. The summed E-state index contributed by atoms with van der Waals surface area (Å²) in [5, 5.41) is 4.88. The number of benzene rings is 1. The smallest absolute Gasteiger partial charge is 0.399 e. The number of fused-ring (bicyclic) bond motifs is 1. The second-order valence-corrected chi connectivity index (χ2v) is 8.70. The van der Waals surface area contributed by atoms with E-state index in [0.717, 1.165) is 29.3 Å². The summed E-state index contributed by atoms with van der Waals surface area (Å²) in [6.45, 7) is 11.4. The lowest BCUT2D eigenvalue weighted by atomic mass is 9.78. The summed E-state index contributed by atoms with van der Waals surface area (Å²) in [7, 11) is -0.420. The van der Waals surface area contributed by atoms with E-state index >= 15 is 0 Å². The van der Waals surface area contributed by atoms with Crippen LogP contribution >= 0.6 is 0 Å². The largest absolute Gasteiger partial charge is 0.494 e. The molecule has 0 saturated carbocycles. The molecule has 3 heterocycles. The first-order chi connectivity index (χ1) is 13.7. The maximum absolute atomic E-state index is 12.4. The van der Waals surface area contributed by atoms with E-state index in [1.165, 1.54) is 0 Å². The fourth-order valence-electron chi connectivity index (χ4n) is 3.50. The van der Waals surface area contributed by atoms with Gasteiger partial charge in [-0.15, -0.1) is 0 Å². The topological polar surface area (TPSA) is 72.9 Å². The fourth-order valence-corrected chi connectivity index (χ4v) is 3.50. The van der Waals surface area contributed by atoms with E-state index in [1.807, 2.05) is 52.0 Å². The molecule has 2 fully saturated rings. The minimum atomic E-state index is -0.420. The van der Waals surface area contributed by atoms with Gasteiger partial charge in [-0.3, -0.25) is 9.69 Å². The first-order valence-corrected chi connectivity index (χ1v) is 10.1. The normalized spacial score (nSPS) is 21.4. The van der Waals surface area contributed by atoms with Crippen LogP contribution in [-0.4, -0.2) is 67.0 Å². The van der Waals surface area contributed by atoms with E-state index in [4.69, 9.17) is 14.0 Å². The lowest BCUT2D eigenvalue weighted by molar-refractivity contribution is -0.118. The number of carbonyl (C=O) groups excluding carboxylic acids is 1. The van der Waals surface area contributed by atoms with Crippen molar-refractivity contribution in [2.24, 2.45) is 0 Å². The number of nitrogens with one attached hydrogen (secondary N) is 1. The van der Waals surface area contributed by atoms with Crippen LogP contribution in [0.15, 0.2) is 30.5 Å². The molecule has 154 valence electrons. The van der Waals surface area contributed by atoms with Crippen LogP contribution in [0.3, 0.4) is 0 Å². The molecule has 1 aromatic carbocycles. The van der Waals surface area contributed by atoms with Gasteiger partial charge in [0.2, 0.25) is 5.91 Å². The summed E-state index contributed by atoms with van der Waals surface area (Å²) in [5.74, 6) is 0.475. The molecule has 1 aromatic heterocycles. The number of amides is 1. The van der Waals surface area contributed by atoms with Gasteiger partial charge < -0.3 is 19.4 Å². The van der Waals surface area contributed by atoms with Crippen molar-refractivity contribution < 1.29 is 18.8 Å².